The van der Waals surface area contributed by atoms with Gasteiger partial charge in [-0.15, -0.1) is 0 Å². The van der Waals surface area contributed by atoms with Crippen LogP contribution >= 0.6 is 0 Å². The molecule has 0 N–H and O–H groups in total. The lowest BCUT2D eigenvalue weighted by Gasteiger charge is -2.39. The van der Waals surface area contributed by atoms with Gasteiger partial charge in [-0.2, -0.15) is 0 Å². The first-order chi connectivity index (χ1) is 55.9. The Morgan fingerprint density at radius 3 is 0.923 bits per heavy atom. The van der Waals surface area contributed by atoms with Gasteiger partial charge in [-0.1, -0.05) is 146 Å². The fraction of sp³-hybridized carbons (Fsp3) is 0.315. The van der Waals surface area contributed by atoms with E-state index >= 15 is 0 Å². The van der Waals surface area contributed by atoms with Crippen LogP contribution in [-0.4, -0.2) is 57.4 Å². The number of ether oxygens (including phenoxy) is 1. The Morgan fingerprint density at radius 1 is 0.299 bits per heavy atom. The Kier molecular flexibility index (Phi) is 34.2. The molecular formula is C111H135N5O. The van der Waals surface area contributed by atoms with Gasteiger partial charge in [0, 0.05) is 82.1 Å². The van der Waals surface area contributed by atoms with Crippen LogP contribution in [0.3, 0.4) is 0 Å². The summed E-state index contributed by atoms with van der Waals surface area (Å²) >= 11 is 0. The molecule has 0 bridgehead atoms. The third-order valence-electron chi connectivity index (χ3n) is 24.6. The lowest BCUT2D eigenvalue weighted by atomic mass is 9.83. The van der Waals surface area contributed by atoms with Crippen LogP contribution in [-0.2, 0) is 12.8 Å². The molecule has 0 saturated carbocycles. The van der Waals surface area contributed by atoms with Gasteiger partial charge in [-0.3, -0.25) is 9.97 Å². The predicted octanol–water partition coefficient (Wildman–Crippen LogP) is 29.0. The van der Waals surface area contributed by atoms with Gasteiger partial charge in [0.25, 0.3) is 0 Å². The maximum atomic E-state index is 5.13. The van der Waals surface area contributed by atoms with E-state index in [0.29, 0.717) is 0 Å². The number of anilines is 3. The first-order valence-corrected chi connectivity index (χ1v) is 42.2. The summed E-state index contributed by atoms with van der Waals surface area (Å²) < 4.78 is 5.13. The summed E-state index contributed by atoms with van der Waals surface area (Å²) in [7, 11) is 5.84. The zero-order valence-electron chi connectivity index (χ0n) is 76.2. The van der Waals surface area contributed by atoms with E-state index in [1.807, 2.05) is 36.9 Å². The van der Waals surface area contributed by atoms with Gasteiger partial charge in [-0.05, 0) is 442 Å². The molecule has 0 spiro atoms. The number of pyridine rings is 2. The van der Waals surface area contributed by atoms with Crippen LogP contribution in [0, 0.1) is 152 Å². The molecule has 0 amide bonds. The van der Waals surface area contributed by atoms with Gasteiger partial charge >= 0.3 is 0 Å². The highest BCUT2D eigenvalue weighted by Crippen LogP contribution is 2.42. The summed E-state index contributed by atoms with van der Waals surface area (Å²) in [5.74, 6) is 0.950. The number of nitrogens with zero attached hydrogens (tertiary/aromatic N) is 5. The van der Waals surface area contributed by atoms with Crippen LogP contribution < -0.4 is 19.4 Å². The Balaban J connectivity index is 0.000000170. The molecule has 2 aromatic heterocycles. The standard InChI is InChI=1S/C25H20.C15H21N.C15H16.C14H15N.C13H21N.C11H17N.C10H14O.C8H11N/c1-19-24(21-13-7-3-8-14-21)17-23(20-11-5-2-6-12-20)18-25(19)22-15-9-4-10-16-22;1-10-11(2)13-6-4-8-16-9-5-7-14(12(10)3)15(13)16;1-11-9-15(10-12(2)13(11)3)14-7-5-4-6-8-14;1-10-8-14(9-11(2)12(10)3)13-4-6-15-7-5-13;1-6-14(7-2)13-8-10(3)12(5)11(4)9-13;1-8-6-11(12(4)5)7-9(2)10(8)3;1-7-5-10(11-4)6-8(2)9(7)3;1-6-4-9-5-7(2)8(6)3/h2-18H,1H3;4-9H2,1-3H3;4-10H,1-3H3;4-9H,1-3H3;8-9H,6-7H2,1-5H3;6-7H,1-5H3;5-6H,1-4H3;4-5H,1-3H3. The average molecular weight is 1560 g/mol. The lowest BCUT2D eigenvalue weighted by molar-refractivity contribution is 0.414. The van der Waals surface area contributed by atoms with Gasteiger partial charge < -0.3 is 19.4 Å². The number of benzene rings is 11. The molecule has 4 heterocycles. The average Bonchev–Trinajstić information content (AvgIpc) is 0.752. The topological polar surface area (TPSA) is 44.7 Å². The fourth-order valence-corrected chi connectivity index (χ4v) is 15.4. The van der Waals surface area contributed by atoms with Crippen molar-refractivity contribution in [1.29, 1.82) is 0 Å². The van der Waals surface area contributed by atoms with E-state index in [0.717, 1.165) is 18.8 Å². The molecule has 6 nitrogen and oxygen atoms in total. The molecule has 0 fully saturated rings. The van der Waals surface area contributed by atoms with Crippen molar-refractivity contribution in [1.82, 2.24) is 9.97 Å². The number of aromatic nitrogens is 2. The van der Waals surface area contributed by atoms with Crippen molar-refractivity contribution in [2.45, 2.75) is 192 Å². The van der Waals surface area contributed by atoms with E-state index in [-0.39, 0.29) is 0 Å². The Hall–Kier alpha value is -11.1. The van der Waals surface area contributed by atoms with Crippen molar-refractivity contribution in [3.63, 3.8) is 0 Å². The zero-order chi connectivity index (χ0) is 85.3. The van der Waals surface area contributed by atoms with Gasteiger partial charge in [0.1, 0.15) is 5.75 Å². The molecular weight excluding hydrogens is 1420 g/mol. The molecule has 2 aliphatic rings. The maximum Gasteiger partial charge on any atom is 0.119 e. The monoisotopic (exact) mass is 1550 g/mol. The minimum absolute atomic E-state index is 0.950. The highest BCUT2D eigenvalue weighted by atomic mass is 16.5. The summed E-state index contributed by atoms with van der Waals surface area (Å²) in [5, 5.41) is 0. The summed E-state index contributed by atoms with van der Waals surface area (Å²) in [5.41, 5.74) is 50.7. The van der Waals surface area contributed by atoms with E-state index in [2.05, 4.69) is 399 Å². The first-order valence-electron chi connectivity index (χ1n) is 42.2. The molecule has 0 saturated heterocycles. The van der Waals surface area contributed by atoms with Gasteiger partial charge in [0.2, 0.25) is 0 Å². The number of hydrogen-bond acceptors (Lipinski definition) is 6. The predicted molar refractivity (Wildman–Crippen MR) is 512 cm³/mol. The highest BCUT2D eigenvalue weighted by molar-refractivity contribution is 5.85. The van der Waals surface area contributed by atoms with E-state index in [1.54, 1.807) is 35.1 Å². The second-order valence-corrected chi connectivity index (χ2v) is 32.5. The number of hydrogen-bond donors (Lipinski definition) is 0. The van der Waals surface area contributed by atoms with Crippen molar-refractivity contribution in [2.24, 2.45) is 0 Å². The van der Waals surface area contributed by atoms with E-state index in [4.69, 9.17) is 4.74 Å². The smallest absolute Gasteiger partial charge is 0.119 e. The third kappa shape index (κ3) is 24.5. The molecule has 0 atom stereocenters. The van der Waals surface area contributed by atoms with Gasteiger partial charge in [-0.25, -0.2) is 0 Å². The van der Waals surface area contributed by atoms with E-state index in [1.165, 1.54) is 217 Å². The van der Waals surface area contributed by atoms with Crippen molar-refractivity contribution < 1.29 is 4.74 Å². The number of methoxy groups -OCH3 is 1. The summed E-state index contributed by atoms with van der Waals surface area (Å²) in [4.78, 5) is 15.2. The normalized spacial score (nSPS) is 11.4. The summed E-state index contributed by atoms with van der Waals surface area (Å²) in [6.07, 6.45) is 12.7. The zero-order valence-corrected chi connectivity index (χ0v) is 76.2. The second-order valence-electron chi connectivity index (χ2n) is 32.5. The van der Waals surface area contributed by atoms with Crippen LogP contribution in [0.5, 0.6) is 5.75 Å². The summed E-state index contributed by atoms with van der Waals surface area (Å²) in [6, 6.07) is 73.3. The SMILES string of the molecule is CCN(CC)c1cc(C)c(C)c(C)c1.COc1cc(C)c(C)c(C)c1.Cc1c(-c2ccccc2)cc(-c2ccccc2)cc1-c1ccccc1.Cc1c(C)c2c3c(c1C)CCCN3CCC2.Cc1cc(-c2ccccc2)cc(C)c1C.Cc1cc(-c2ccncc2)cc(C)c1C.Cc1cc(N(C)C)cc(C)c1C.Cc1cncc(C)c1C. The largest absolute Gasteiger partial charge is 0.497 e. The third-order valence-corrected chi connectivity index (χ3v) is 24.6. The quantitative estimate of drug-likeness (QED) is 0.136. The molecule has 0 radical (unpaired) electrons. The fourth-order valence-electron chi connectivity index (χ4n) is 15.4. The van der Waals surface area contributed by atoms with Crippen molar-refractivity contribution in [2.75, 3.05) is 62.1 Å². The summed E-state index contributed by atoms with van der Waals surface area (Å²) in [6.45, 7) is 57.0. The molecule has 0 unspecified atom stereocenters. The van der Waals surface area contributed by atoms with E-state index in [9.17, 15) is 0 Å². The Morgan fingerprint density at radius 2 is 0.598 bits per heavy atom. The Labute approximate surface area is 707 Å². The molecule has 13 aromatic rings. The molecule has 6 heteroatoms. The van der Waals surface area contributed by atoms with Crippen LogP contribution in [0.2, 0.25) is 0 Å². The van der Waals surface area contributed by atoms with Gasteiger partial charge in [0.15, 0.2) is 0 Å². The molecule has 2 aliphatic heterocycles. The van der Waals surface area contributed by atoms with Crippen LogP contribution in [0.25, 0.3) is 55.6 Å². The molecule has 11 aromatic carbocycles. The van der Waals surface area contributed by atoms with Crippen LogP contribution in [0.4, 0.5) is 17.1 Å². The van der Waals surface area contributed by atoms with Gasteiger partial charge in [0.05, 0.1) is 7.11 Å². The van der Waals surface area contributed by atoms with Crippen LogP contribution in [0.15, 0.2) is 231 Å². The van der Waals surface area contributed by atoms with Crippen molar-refractivity contribution in [3.05, 3.63) is 365 Å². The second kappa shape index (κ2) is 43.8. The van der Waals surface area contributed by atoms with E-state index < -0.39 is 0 Å². The number of aryl methyl sites for hydroxylation is 12. The minimum Gasteiger partial charge on any atom is -0.497 e. The highest BCUT2D eigenvalue weighted by Gasteiger charge is 2.27. The molecule has 0 aliphatic carbocycles. The lowest BCUT2D eigenvalue weighted by Crippen LogP contribution is -2.35. The molecule has 610 valence electrons. The van der Waals surface area contributed by atoms with Crippen LogP contribution in [0.1, 0.15) is 160 Å². The van der Waals surface area contributed by atoms with Crippen molar-refractivity contribution >= 4 is 17.1 Å². The molecule has 15 rings (SSSR count). The Bertz CT molecular complexity index is 5060. The molecule has 117 heavy (non-hydrogen) atoms. The maximum absolute atomic E-state index is 5.13. The minimum atomic E-state index is 0.950. The van der Waals surface area contributed by atoms with Crippen molar-refractivity contribution in [3.8, 4) is 61.4 Å². The number of rotatable bonds is 10. The first kappa shape index (κ1) is 91.4.